The van der Waals surface area contributed by atoms with Crippen molar-refractivity contribution < 1.29 is 23.1 Å². The second-order valence-electron chi connectivity index (χ2n) is 4.89. The third-order valence-electron chi connectivity index (χ3n) is 2.96. The monoisotopic (exact) mass is 317 g/mol. The molecule has 1 rings (SSSR count). The third kappa shape index (κ3) is 3.82. The number of aliphatic carboxylic acids is 1. The van der Waals surface area contributed by atoms with Crippen LogP contribution in [0, 0.1) is 0 Å². The number of carboxylic acids is 1. The number of nitrogens with zero attached hydrogens (tertiary/aromatic N) is 2. The second-order valence-corrected chi connectivity index (χ2v) is 6.78. The summed E-state index contributed by atoms with van der Waals surface area (Å²) in [6, 6.07) is 0.778. The number of hydrogen-bond donors (Lipinski definition) is 2. The fourth-order valence-corrected chi connectivity index (χ4v) is 3.63. The van der Waals surface area contributed by atoms with Gasteiger partial charge in [-0.15, -0.1) is 0 Å². The Labute approximate surface area is 123 Å². The molecule has 1 amide bonds. The minimum atomic E-state index is -3.89. The predicted octanol–water partition coefficient (Wildman–Crippen LogP) is -0.00220. The first-order valence-corrected chi connectivity index (χ1v) is 7.71. The number of carbonyl (C=O) groups excluding carboxylic acids is 1. The van der Waals surface area contributed by atoms with Crippen LogP contribution in [-0.4, -0.2) is 46.9 Å². The number of amides is 1. The Morgan fingerprint density at radius 2 is 2.00 bits per heavy atom. The molecule has 0 fully saturated rings. The van der Waals surface area contributed by atoms with Crippen molar-refractivity contribution in [3.63, 3.8) is 0 Å². The van der Waals surface area contributed by atoms with Crippen LogP contribution in [0.2, 0.25) is 0 Å². The number of aryl methyl sites for hydroxylation is 1. The van der Waals surface area contributed by atoms with Crippen molar-refractivity contribution in [3.8, 4) is 0 Å². The molecule has 9 heteroatoms. The van der Waals surface area contributed by atoms with E-state index >= 15 is 0 Å². The van der Waals surface area contributed by atoms with E-state index < -0.39 is 27.9 Å². The topological polar surface area (TPSA) is 123 Å². The van der Waals surface area contributed by atoms with E-state index in [1.54, 1.807) is 13.8 Å². The van der Waals surface area contributed by atoms with Gasteiger partial charge in [0.15, 0.2) is 0 Å². The van der Waals surface area contributed by atoms with Crippen molar-refractivity contribution in [1.82, 2.24) is 8.87 Å². The van der Waals surface area contributed by atoms with E-state index in [2.05, 4.69) is 0 Å². The number of carboxylic acid groups (broad SMARTS) is 1. The van der Waals surface area contributed by atoms with Crippen LogP contribution in [0.3, 0.4) is 0 Å². The van der Waals surface area contributed by atoms with Crippen LogP contribution in [0.5, 0.6) is 0 Å². The number of sulfonamides is 1. The van der Waals surface area contributed by atoms with Crippen molar-refractivity contribution in [2.24, 2.45) is 12.8 Å². The molecular formula is C12H19N3O5S. The van der Waals surface area contributed by atoms with E-state index in [4.69, 9.17) is 10.8 Å². The summed E-state index contributed by atoms with van der Waals surface area (Å²) in [5.41, 5.74) is 5.22. The Morgan fingerprint density at radius 3 is 2.38 bits per heavy atom. The second kappa shape index (κ2) is 6.27. The number of aromatic nitrogens is 1. The molecule has 118 valence electrons. The van der Waals surface area contributed by atoms with Gasteiger partial charge in [0.05, 0.1) is 6.42 Å². The van der Waals surface area contributed by atoms with E-state index in [0.717, 1.165) is 4.31 Å². The maximum Gasteiger partial charge on any atom is 0.304 e. The molecule has 0 saturated carbocycles. The van der Waals surface area contributed by atoms with Crippen LogP contribution in [0.1, 0.15) is 30.8 Å². The zero-order valence-electron chi connectivity index (χ0n) is 12.1. The Morgan fingerprint density at radius 1 is 1.43 bits per heavy atom. The van der Waals surface area contributed by atoms with Gasteiger partial charge in [-0.1, -0.05) is 0 Å². The Balaban J connectivity index is 3.20. The highest BCUT2D eigenvalue weighted by atomic mass is 32.2. The summed E-state index contributed by atoms with van der Waals surface area (Å²) in [5, 5.41) is 8.71. The van der Waals surface area contributed by atoms with Crippen LogP contribution < -0.4 is 5.73 Å². The molecule has 0 saturated heterocycles. The molecule has 1 aromatic heterocycles. The zero-order valence-corrected chi connectivity index (χ0v) is 12.9. The molecule has 0 atom stereocenters. The number of hydrogen-bond acceptors (Lipinski definition) is 4. The molecule has 0 bridgehead atoms. The maximum absolute atomic E-state index is 12.5. The lowest BCUT2D eigenvalue weighted by Gasteiger charge is -2.24. The maximum atomic E-state index is 12.5. The lowest BCUT2D eigenvalue weighted by atomic mass is 10.3. The summed E-state index contributed by atoms with van der Waals surface area (Å²) in [4.78, 5) is 21.8. The van der Waals surface area contributed by atoms with Gasteiger partial charge in [-0.25, -0.2) is 8.42 Å². The van der Waals surface area contributed by atoms with Crippen molar-refractivity contribution in [2.45, 2.75) is 31.2 Å². The lowest BCUT2D eigenvalue weighted by Crippen LogP contribution is -2.38. The predicted molar refractivity (Wildman–Crippen MR) is 75.2 cm³/mol. The Kier molecular flexibility index (Phi) is 5.13. The van der Waals surface area contributed by atoms with Crippen LogP contribution >= 0.6 is 0 Å². The molecule has 0 unspecified atom stereocenters. The molecule has 21 heavy (non-hydrogen) atoms. The fourth-order valence-electron chi connectivity index (χ4n) is 1.92. The summed E-state index contributed by atoms with van der Waals surface area (Å²) in [5.74, 6) is -1.82. The summed E-state index contributed by atoms with van der Waals surface area (Å²) in [7, 11) is -2.38. The minimum Gasteiger partial charge on any atom is -0.481 e. The molecule has 0 aliphatic rings. The number of carbonyl (C=O) groups is 2. The van der Waals surface area contributed by atoms with Crippen LogP contribution in [0.4, 0.5) is 0 Å². The van der Waals surface area contributed by atoms with Gasteiger partial charge in [-0.3, -0.25) is 9.59 Å². The average Bonchev–Trinajstić information content (AvgIpc) is 2.71. The molecule has 1 heterocycles. The van der Waals surface area contributed by atoms with E-state index in [1.807, 2.05) is 0 Å². The minimum absolute atomic E-state index is 0.0653. The molecule has 0 aliphatic carbocycles. The standard InChI is InChI=1S/C12H19N3O5S/c1-8(2)15(5-4-11(16)17)21(19,20)9-6-10(12(13)18)14(3)7-9/h6-8H,4-5H2,1-3H3,(H2,13,18)(H,16,17). The summed E-state index contributed by atoms with van der Waals surface area (Å²) in [6.45, 7) is 3.16. The highest BCUT2D eigenvalue weighted by Crippen LogP contribution is 2.20. The highest BCUT2D eigenvalue weighted by molar-refractivity contribution is 7.89. The number of rotatable bonds is 7. The largest absolute Gasteiger partial charge is 0.481 e. The quantitative estimate of drug-likeness (QED) is 0.732. The van der Waals surface area contributed by atoms with Crippen LogP contribution in [-0.2, 0) is 21.9 Å². The zero-order chi connectivity index (χ0) is 16.4. The van der Waals surface area contributed by atoms with Crippen molar-refractivity contribution in [1.29, 1.82) is 0 Å². The third-order valence-corrected chi connectivity index (χ3v) is 5.00. The van der Waals surface area contributed by atoms with Gasteiger partial charge >= 0.3 is 5.97 Å². The van der Waals surface area contributed by atoms with Gasteiger partial charge in [0, 0.05) is 25.8 Å². The lowest BCUT2D eigenvalue weighted by molar-refractivity contribution is -0.137. The molecule has 0 aliphatic heterocycles. The van der Waals surface area contributed by atoms with Crippen LogP contribution in [0.15, 0.2) is 17.2 Å². The smallest absolute Gasteiger partial charge is 0.304 e. The molecule has 3 N–H and O–H groups in total. The van der Waals surface area contributed by atoms with Gasteiger partial charge < -0.3 is 15.4 Å². The average molecular weight is 317 g/mol. The first-order valence-electron chi connectivity index (χ1n) is 6.27. The first-order chi connectivity index (χ1) is 9.57. The van der Waals surface area contributed by atoms with E-state index in [0.29, 0.717) is 0 Å². The molecule has 0 spiro atoms. The van der Waals surface area contributed by atoms with Gasteiger partial charge in [0.1, 0.15) is 10.6 Å². The van der Waals surface area contributed by atoms with Crippen LogP contribution in [0.25, 0.3) is 0 Å². The Hall–Kier alpha value is -1.87. The number of nitrogens with two attached hydrogens (primary N) is 1. The molecule has 0 radical (unpaired) electrons. The van der Waals surface area contributed by atoms with Crippen molar-refractivity contribution >= 4 is 21.9 Å². The van der Waals surface area contributed by atoms with E-state index in [-0.39, 0.29) is 23.6 Å². The molecular weight excluding hydrogens is 298 g/mol. The SMILES string of the molecule is CC(C)N(CCC(=O)O)S(=O)(=O)c1cc(C(N)=O)n(C)c1. The molecule has 8 nitrogen and oxygen atoms in total. The summed E-state index contributed by atoms with van der Waals surface area (Å²) in [6.07, 6.45) is 0.985. The van der Waals surface area contributed by atoms with E-state index in [9.17, 15) is 18.0 Å². The Bertz CT molecular complexity index is 648. The molecule has 1 aromatic rings. The van der Waals surface area contributed by atoms with Gasteiger partial charge in [-0.05, 0) is 19.9 Å². The van der Waals surface area contributed by atoms with Gasteiger partial charge in [-0.2, -0.15) is 4.31 Å². The van der Waals surface area contributed by atoms with Gasteiger partial charge in [0.25, 0.3) is 5.91 Å². The normalized spacial score (nSPS) is 12.0. The summed E-state index contributed by atoms with van der Waals surface area (Å²) >= 11 is 0. The number of primary amides is 1. The van der Waals surface area contributed by atoms with Crippen molar-refractivity contribution in [2.75, 3.05) is 6.54 Å². The van der Waals surface area contributed by atoms with Crippen molar-refractivity contribution in [3.05, 3.63) is 18.0 Å². The summed E-state index contributed by atoms with van der Waals surface area (Å²) < 4.78 is 27.5. The fraction of sp³-hybridized carbons (Fsp3) is 0.500. The van der Waals surface area contributed by atoms with Gasteiger partial charge in [0.2, 0.25) is 10.0 Å². The van der Waals surface area contributed by atoms with E-state index in [1.165, 1.54) is 23.9 Å². The molecule has 0 aromatic carbocycles. The highest BCUT2D eigenvalue weighted by Gasteiger charge is 2.29. The first kappa shape index (κ1) is 17.2.